The number of H-pyrrole nitrogens is 1. The minimum Gasteiger partial charge on any atom is -0.369 e. The van der Waals surface area contributed by atoms with E-state index in [1.807, 2.05) is 0 Å². The van der Waals surface area contributed by atoms with Crippen molar-refractivity contribution in [2.24, 2.45) is 5.92 Å². The lowest BCUT2D eigenvalue weighted by Gasteiger charge is -2.28. The molecule has 6 heteroatoms. The van der Waals surface area contributed by atoms with Crippen LogP contribution in [-0.4, -0.2) is 44.1 Å². The Hall–Kier alpha value is -1.04. The summed E-state index contributed by atoms with van der Waals surface area (Å²) in [7, 11) is 2.11. The Bertz CT molecular complexity index is 359. The minimum atomic E-state index is 0.792. The molecule has 1 N–H and O–H groups in total. The maximum Gasteiger partial charge on any atom is 0.148 e. The summed E-state index contributed by atoms with van der Waals surface area (Å²) in [6, 6.07) is 0. The van der Waals surface area contributed by atoms with E-state index in [1.54, 1.807) is 0 Å². The fourth-order valence-corrected chi connectivity index (χ4v) is 2.74. The van der Waals surface area contributed by atoms with Crippen molar-refractivity contribution in [3.63, 3.8) is 0 Å². The summed E-state index contributed by atoms with van der Waals surface area (Å²) in [5.74, 6) is 1.64. The molecule has 5 nitrogen and oxygen atoms in total. The van der Waals surface area contributed by atoms with Gasteiger partial charge in [0.25, 0.3) is 0 Å². The SMILES string of the molecule is CN(CC1CCCCC1)C(=S)CCc1nnn[nH]1. The highest BCUT2D eigenvalue weighted by molar-refractivity contribution is 7.80. The van der Waals surface area contributed by atoms with Crippen LogP contribution in [0.2, 0.25) is 0 Å². The molecule has 0 aromatic carbocycles. The van der Waals surface area contributed by atoms with E-state index in [0.29, 0.717) is 0 Å². The summed E-state index contributed by atoms with van der Waals surface area (Å²) in [5.41, 5.74) is 0. The first-order valence-corrected chi connectivity index (χ1v) is 7.13. The van der Waals surface area contributed by atoms with Gasteiger partial charge in [0.15, 0.2) is 0 Å². The van der Waals surface area contributed by atoms with Gasteiger partial charge in [0.05, 0.1) is 4.99 Å². The van der Waals surface area contributed by atoms with Gasteiger partial charge in [-0.05, 0) is 29.2 Å². The molecule has 0 amide bonds. The minimum absolute atomic E-state index is 0.792. The van der Waals surface area contributed by atoms with Crippen molar-refractivity contribution in [1.29, 1.82) is 0 Å². The Morgan fingerprint density at radius 3 is 2.83 bits per heavy atom. The molecule has 0 radical (unpaired) electrons. The molecule has 0 aliphatic heterocycles. The molecule has 1 aliphatic carbocycles. The number of rotatable bonds is 5. The first-order valence-electron chi connectivity index (χ1n) is 6.72. The van der Waals surface area contributed by atoms with Crippen molar-refractivity contribution < 1.29 is 0 Å². The van der Waals surface area contributed by atoms with Gasteiger partial charge >= 0.3 is 0 Å². The zero-order valence-electron chi connectivity index (χ0n) is 10.9. The van der Waals surface area contributed by atoms with Gasteiger partial charge in [-0.1, -0.05) is 31.5 Å². The van der Waals surface area contributed by atoms with E-state index in [2.05, 4.69) is 32.6 Å². The third-order valence-corrected chi connectivity index (χ3v) is 4.16. The van der Waals surface area contributed by atoms with Crippen LogP contribution in [0.3, 0.4) is 0 Å². The van der Waals surface area contributed by atoms with Crippen LogP contribution in [0.5, 0.6) is 0 Å². The summed E-state index contributed by atoms with van der Waals surface area (Å²) >= 11 is 5.46. The largest absolute Gasteiger partial charge is 0.369 e. The molecule has 18 heavy (non-hydrogen) atoms. The zero-order valence-corrected chi connectivity index (χ0v) is 11.7. The molecule has 0 atom stereocenters. The van der Waals surface area contributed by atoms with Crippen LogP contribution >= 0.6 is 12.2 Å². The lowest BCUT2D eigenvalue weighted by Crippen LogP contribution is -2.31. The Morgan fingerprint density at radius 2 is 2.17 bits per heavy atom. The number of thiocarbonyl (C=S) groups is 1. The van der Waals surface area contributed by atoms with E-state index in [0.717, 1.165) is 36.1 Å². The summed E-state index contributed by atoms with van der Waals surface area (Å²) < 4.78 is 0. The second-order valence-corrected chi connectivity index (χ2v) is 5.60. The maximum atomic E-state index is 5.46. The molecule has 2 rings (SSSR count). The number of tetrazole rings is 1. The van der Waals surface area contributed by atoms with Gasteiger partial charge in [0.2, 0.25) is 0 Å². The lowest BCUT2D eigenvalue weighted by atomic mass is 9.89. The number of hydrogen-bond acceptors (Lipinski definition) is 4. The van der Waals surface area contributed by atoms with Crippen molar-refractivity contribution >= 4 is 17.2 Å². The highest BCUT2D eigenvalue weighted by Gasteiger charge is 2.16. The Balaban J connectivity index is 1.70. The molecule has 1 aliphatic rings. The average molecular weight is 267 g/mol. The predicted octanol–water partition coefficient (Wildman–Crippen LogP) is 1.97. The number of aromatic amines is 1. The molecule has 0 bridgehead atoms. The number of nitrogens with zero attached hydrogens (tertiary/aromatic N) is 4. The van der Waals surface area contributed by atoms with Crippen LogP contribution in [0.15, 0.2) is 0 Å². The van der Waals surface area contributed by atoms with Gasteiger partial charge in [0, 0.05) is 26.4 Å². The third kappa shape index (κ3) is 4.01. The van der Waals surface area contributed by atoms with E-state index < -0.39 is 0 Å². The molecular weight excluding hydrogens is 246 g/mol. The van der Waals surface area contributed by atoms with E-state index >= 15 is 0 Å². The third-order valence-electron chi connectivity index (χ3n) is 3.65. The Morgan fingerprint density at radius 1 is 1.39 bits per heavy atom. The van der Waals surface area contributed by atoms with E-state index in [-0.39, 0.29) is 0 Å². The first-order chi connectivity index (χ1) is 8.75. The fraction of sp³-hybridized carbons (Fsp3) is 0.833. The molecular formula is C12H21N5S. The van der Waals surface area contributed by atoms with Gasteiger partial charge in [-0.15, -0.1) is 5.10 Å². The molecule has 1 aromatic heterocycles. The lowest BCUT2D eigenvalue weighted by molar-refractivity contribution is 0.296. The number of aryl methyl sites for hydroxylation is 1. The summed E-state index contributed by atoms with van der Waals surface area (Å²) in [6.07, 6.45) is 8.53. The second-order valence-electron chi connectivity index (χ2n) is 5.13. The van der Waals surface area contributed by atoms with Gasteiger partial charge in [-0.2, -0.15) is 0 Å². The van der Waals surface area contributed by atoms with Gasteiger partial charge in [-0.25, -0.2) is 5.10 Å². The summed E-state index contributed by atoms with van der Waals surface area (Å²) in [5, 5.41) is 13.8. The molecule has 100 valence electrons. The number of nitrogens with one attached hydrogen (secondary N) is 1. The van der Waals surface area contributed by atoms with Gasteiger partial charge in [-0.3, -0.25) is 0 Å². The highest BCUT2D eigenvalue weighted by Crippen LogP contribution is 2.24. The molecule has 1 fully saturated rings. The predicted molar refractivity (Wildman–Crippen MR) is 74.3 cm³/mol. The fourth-order valence-electron chi connectivity index (χ4n) is 2.56. The smallest absolute Gasteiger partial charge is 0.148 e. The van der Waals surface area contributed by atoms with Crippen LogP contribution in [0, 0.1) is 5.92 Å². The van der Waals surface area contributed by atoms with Crippen LogP contribution < -0.4 is 0 Å². The Kier molecular flexibility index (Phi) is 5.04. The van der Waals surface area contributed by atoms with Crippen molar-refractivity contribution in [3.8, 4) is 0 Å². The van der Waals surface area contributed by atoms with Crippen LogP contribution in [0.4, 0.5) is 0 Å². The molecule has 1 saturated carbocycles. The molecule has 0 unspecified atom stereocenters. The van der Waals surface area contributed by atoms with Crippen molar-refractivity contribution in [3.05, 3.63) is 5.82 Å². The van der Waals surface area contributed by atoms with E-state index in [9.17, 15) is 0 Å². The Labute approximate surface area is 113 Å². The average Bonchev–Trinajstić information content (AvgIpc) is 2.90. The second kappa shape index (κ2) is 6.78. The number of aromatic nitrogens is 4. The molecule has 1 heterocycles. The van der Waals surface area contributed by atoms with Crippen molar-refractivity contribution in [2.45, 2.75) is 44.9 Å². The first kappa shape index (κ1) is 13.4. The van der Waals surface area contributed by atoms with Gasteiger partial charge in [0.1, 0.15) is 5.82 Å². The van der Waals surface area contributed by atoms with Crippen LogP contribution in [0.25, 0.3) is 0 Å². The summed E-state index contributed by atoms with van der Waals surface area (Å²) in [4.78, 5) is 3.24. The zero-order chi connectivity index (χ0) is 12.8. The van der Waals surface area contributed by atoms with E-state index in [4.69, 9.17) is 12.2 Å². The summed E-state index contributed by atoms with van der Waals surface area (Å²) in [6.45, 7) is 1.10. The van der Waals surface area contributed by atoms with Gasteiger partial charge < -0.3 is 4.90 Å². The van der Waals surface area contributed by atoms with Crippen LogP contribution in [0.1, 0.15) is 44.3 Å². The standard InChI is InChI=1S/C12H21N5S/c1-17(9-10-5-3-2-4-6-10)12(18)8-7-11-13-15-16-14-11/h10H,2-9H2,1H3,(H,13,14,15,16). The highest BCUT2D eigenvalue weighted by atomic mass is 32.1. The van der Waals surface area contributed by atoms with Crippen LogP contribution in [-0.2, 0) is 6.42 Å². The van der Waals surface area contributed by atoms with Crippen molar-refractivity contribution in [1.82, 2.24) is 25.5 Å². The topological polar surface area (TPSA) is 57.7 Å². The quantitative estimate of drug-likeness (QED) is 0.827. The molecule has 1 aromatic rings. The van der Waals surface area contributed by atoms with Crippen molar-refractivity contribution in [2.75, 3.05) is 13.6 Å². The molecule has 0 spiro atoms. The monoisotopic (exact) mass is 267 g/mol. The molecule has 0 saturated heterocycles. The number of hydrogen-bond donors (Lipinski definition) is 1. The maximum absolute atomic E-state index is 5.46. The normalized spacial score (nSPS) is 16.7. The van der Waals surface area contributed by atoms with E-state index in [1.165, 1.54) is 32.1 Å².